The Bertz CT molecular complexity index is 788. The van der Waals surface area contributed by atoms with Gasteiger partial charge in [0.15, 0.2) is 0 Å². The van der Waals surface area contributed by atoms with E-state index >= 15 is 0 Å². The Morgan fingerprint density at radius 2 is 1.62 bits per heavy atom. The van der Waals surface area contributed by atoms with E-state index in [0.29, 0.717) is 12.1 Å². The lowest BCUT2D eigenvalue weighted by atomic mass is 10.0. The van der Waals surface area contributed by atoms with Crippen LogP contribution in [0.4, 0.5) is 0 Å². The third kappa shape index (κ3) is 2.26. The summed E-state index contributed by atoms with van der Waals surface area (Å²) in [6, 6.07) is 15.2. The van der Waals surface area contributed by atoms with Gasteiger partial charge in [0.25, 0.3) is 5.91 Å². The van der Waals surface area contributed by atoms with Crippen molar-refractivity contribution in [3.05, 3.63) is 66.7 Å². The van der Waals surface area contributed by atoms with Gasteiger partial charge in [-0.2, -0.15) is 0 Å². The Morgan fingerprint density at radius 1 is 1.10 bits per heavy atom. The standard InChI is InChI=1S/C17H15N3O/c1-2-11-20(18)17(21)16-12-7-3-5-9-14(12)19-15-10-6-4-8-13(15)16/h2-10H,1,11,18H2. The van der Waals surface area contributed by atoms with Gasteiger partial charge in [0.05, 0.1) is 23.1 Å². The Balaban J connectivity index is 2.35. The first-order valence-electron chi connectivity index (χ1n) is 6.67. The van der Waals surface area contributed by atoms with E-state index in [1.54, 1.807) is 6.08 Å². The second-order valence-corrected chi connectivity index (χ2v) is 4.77. The summed E-state index contributed by atoms with van der Waals surface area (Å²) in [6.07, 6.45) is 1.60. The van der Waals surface area contributed by atoms with Gasteiger partial charge >= 0.3 is 0 Å². The number of aromatic nitrogens is 1. The topological polar surface area (TPSA) is 59.2 Å². The summed E-state index contributed by atoms with van der Waals surface area (Å²) in [7, 11) is 0. The molecule has 3 aromatic rings. The van der Waals surface area contributed by atoms with Crippen LogP contribution in [0.15, 0.2) is 61.2 Å². The molecule has 0 atom stereocenters. The van der Waals surface area contributed by atoms with E-state index in [-0.39, 0.29) is 5.91 Å². The van der Waals surface area contributed by atoms with E-state index in [2.05, 4.69) is 11.6 Å². The molecule has 1 heterocycles. The van der Waals surface area contributed by atoms with Crippen molar-refractivity contribution < 1.29 is 4.79 Å². The summed E-state index contributed by atoms with van der Waals surface area (Å²) in [5, 5.41) is 2.78. The lowest BCUT2D eigenvalue weighted by Gasteiger charge is -2.17. The summed E-state index contributed by atoms with van der Waals surface area (Å²) in [6.45, 7) is 3.91. The van der Waals surface area contributed by atoms with Crippen LogP contribution < -0.4 is 5.84 Å². The SMILES string of the molecule is C=CCN(N)C(=O)c1c2ccccc2nc2ccccc12. The van der Waals surface area contributed by atoms with Gasteiger partial charge in [-0.25, -0.2) is 10.8 Å². The summed E-state index contributed by atoms with van der Waals surface area (Å²) in [5.41, 5.74) is 2.15. The highest BCUT2D eigenvalue weighted by Crippen LogP contribution is 2.26. The van der Waals surface area contributed by atoms with E-state index in [4.69, 9.17) is 5.84 Å². The van der Waals surface area contributed by atoms with Crippen molar-refractivity contribution in [1.82, 2.24) is 9.99 Å². The molecule has 0 bridgehead atoms. The molecule has 0 unspecified atom stereocenters. The molecule has 0 aliphatic rings. The summed E-state index contributed by atoms with van der Waals surface area (Å²) < 4.78 is 0. The number of para-hydroxylation sites is 2. The van der Waals surface area contributed by atoms with Crippen molar-refractivity contribution >= 4 is 27.7 Å². The summed E-state index contributed by atoms with van der Waals surface area (Å²) in [5.74, 6) is 5.60. The fourth-order valence-corrected chi connectivity index (χ4v) is 2.44. The first-order chi connectivity index (χ1) is 10.2. The Morgan fingerprint density at radius 3 is 2.14 bits per heavy atom. The van der Waals surface area contributed by atoms with Crippen LogP contribution in [0.5, 0.6) is 0 Å². The minimum absolute atomic E-state index is 0.232. The summed E-state index contributed by atoms with van der Waals surface area (Å²) in [4.78, 5) is 17.3. The first-order valence-corrected chi connectivity index (χ1v) is 6.67. The Kier molecular flexibility index (Phi) is 3.38. The molecule has 0 radical (unpaired) electrons. The molecule has 0 saturated heterocycles. The molecule has 0 spiro atoms. The van der Waals surface area contributed by atoms with Gasteiger partial charge in [0.2, 0.25) is 0 Å². The number of carbonyl (C=O) groups excluding carboxylic acids is 1. The van der Waals surface area contributed by atoms with Crippen molar-refractivity contribution in [1.29, 1.82) is 0 Å². The maximum Gasteiger partial charge on any atom is 0.269 e. The van der Waals surface area contributed by atoms with Crippen LogP contribution in [-0.4, -0.2) is 22.4 Å². The predicted octanol–water partition coefficient (Wildman–Crippen LogP) is 2.89. The van der Waals surface area contributed by atoms with Crippen LogP contribution in [0, 0.1) is 0 Å². The maximum absolute atomic E-state index is 12.7. The normalized spacial score (nSPS) is 10.7. The van der Waals surface area contributed by atoms with E-state index in [1.165, 1.54) is 5.01 Å². The molecule has 4 heteroatoms. The van der Waals surface area contributed by atoms with Crippen LogP contribution in [0.3, 0.4) is 0 Å². The van der Waals surface area contributed by atoms with Crippen LogP contribution in [0.2, 0.25) is 0 Å². The second-order valence-electron chi connectivity index (χ2n) is 4.77. The number of amides is 1. The van der Waals surface area contributed by atoms with Crippen LogP contribution >= 0.6 is 0 Å². The first kappa shape index (κ1) is 13.3. The van der Waals surface area contributed by atoms with E-state index in [1.807, 2.05) is 48.5 Å². The van der Waals surface area contributed by atoms with Crippen molar-refractivity contribution in [3.63, 3.8) is 0 Å². The molecule has 21 heavy (non-hydrogen) atoms. The van der Waals surface area contributed by atoms with E-state index in [9.17, 15) is 4.79 Å². The number of pyridine rings is 1. The number of hydrogen-bond acceptors (Lipinski definition) is 3. The third-order valence-corrected chi connectivity index (χ3v) is 3.39. The quantitative estimate of drug-likeness (QED) is 0.263. The number of carbonyl (C=O) groups is 1. The summed E-state index contributed by atoms with van der Waals surface area (Å²) >= 11 is 0. The lowest BCUT2D eigenvalue weighted by molar-refractivity contribution is 0.0778. The number of hydrogen-bond donors (Lipinski definition) is 1. The van der Waals surface area contributed by atoms with Crippen LogP contribution in [0.25, 0.3) is 21.8 Å². The largest absolute Gasteiger partial charge is 0.273 e. The van der Waals surface area contributed by atoms with Gasteiger partial charge in [-0.1, -0.05) is 42.5 Å². The molecule has 0 aliphatic carbocycles. The number of fused-ring (bicyclic) bond motifs is 2. The zero-order valence-electron chi connectivity index (χ0n) is 11.5. The number of benzene rings is 2. The Labute approximate surface area is 122 Å². The molecule has 1 amide bonds. The lowest BCUT2D eigenvalue weighted by Crippen LogP contribution is -2.37. The fraction of sp³-hybridized carbons (Fsp3) is 0.0588. The molecule has 3 rings (SSSR count). The van der Waals surface area contributed by atoms with Crippen molar-refractivity contribution in [3.8, 4) is 0 Å². The molecule has 2 aromatic carbocycles. The minimum Gasteiger partial charge on any atom is -0.273 e. The molecular formula is C17H15N3O. The van der Waals surface area contributed by atoms with Gasteiger partial charge in [0.1, 0.15) is 0 Å². The van der Waals surface area contributed by atoms with Crippen molar-refractivity contribution in [2.24, 2.45) is 5.84 Å². The van der Waals surface area contributed by atoms with Gasteiger partial charge in [-0.15, -0.1) is 6.58 Å². The highest BCUT2D eigenvalue weighted by molar-refractivity contribution is 6.16. The number of nitrogens with two attached hydrogens (primary N) is 1. The fourth-order valence-electron chi connectivity index (χ4n) is 2.44. The predicted molar refractivity (Wildman–Crippen MR) is 84.7 cm³/mol. The third-order valence-electron chi connectivity index (χ3n) is 3.39. The molecule has 4 nitrogen and oxygen atoms in total. The molecule has 104 valence electrons. The van der Waals surface area contributed by atoms with Crippen LogP contribution in [0.1, 0.15) is 10.4 Å². The van der Waals surface area contributed by atoms with E-state index < -0.39 is 0 Å². The van der Waals surface area contributed by atoms with Gasteiger partial charge in [0, 0.05) is 10.8 Å². The van der Waals surface area contributed by atoms with Crippen molar-refractivity contribution in [2.75, 3.05) is 6.54 Å². The zero-order valence-corrected chi connectivity index (χ0v) is 11.5. The number of nitrogens with zero attached hydrogens (tertiary/aromatic N) is 2. The highest BCUT2D eigenvalue weighted by atomic mass is 16.2. The van der Waals surface area contributed by atoms with Gasteiger partial charge in [-0.3, -0.25) is 9.80 Å². The minimum atomic E-state index is -0.232. The average Bonchev–Trinajstić information content (AvgIpc) is 2.52. The van der Waals surface area contributed by atoms with E-state index in [0.717, 1.165) is 21.8 Å². The smallest absolute Gasteiger partial charge is 0.269 e. The molecule has 2 N–H and O–H groups in total. The van der Waals surface area contributed by atoms with Gasteiger partial charge in [-0.05, 0) is 12.1 Å². The molecular weight excluding hydrogens is 262 g/mol. The maximum atomic E-state index is 12.7. The Hall–Kier alpha value is -2.72. The number of rotatable bonds is 3. The van der Waals surface area contributed by atoms with Crippen molar-refractivity contribution in [2.45, 2.75) is 0 Å². The monoisotopic (exact) mass is 277 g/mol. The second kappa shape index (κ2) is 5.34. The highest BCUT2D eigenvalue weighted by Gasteiger charge is 2.18. The van der Waals surface area contributed by atoms with Crippen LogP contribution in [-0.2, 0) is 0 Å². The average molecular weight is 277 g/mol. The van der Waals surface area contributed by atoms with Gasteiger partial charge < -0.3 is 0 Å². The molecule has 1 aromatic heterocycles. The molecule has 0 fully saturated rings. The molecule has 0 saturated carbocycles. The number of hydrazine groups is 1. The zero-order chi connectivity index (χ0) is 14.8. The molecule has 0 aliphatic heterocycles.